The van der Waals surface area contributed by atoms with Crippen LogP contribution in [-0.2, 0) is 16.0 Å². The normalized spacial score (nSPS) is 16.8. The number of hydrogen-bond acceptors (Lipinski definition) is 3. The summed E-state index contributed by atoms with van der Waals surface area (Å²) < 4.78 is 0. The van der Waals surface area contributed by atoms with Crippen molar-refractivity contribution in [1.82, 2.24) is 5.32 Å². The lowest BCUT2D eigenvalue weighted by atomic mass is 10.1. The number of hydrogen-bond donors (Lipinski definition) is 3. The molecule has 3 N–H and O–H groups in total. The van der Waals surface area contributed by atoms with Crippen LogP contribution in [0.5, 0.6) is 0 Å². The first-order valence-electron chi connectivity index (χ1n) is 6.01. The van der Waals surface area contributed by atoms with Gasteiger partial charge in [-0.2, -0.15) is 0 Å². The first-order chi connectivity index (χ1) is 8.66. The molecule has 2 rings (SSSR count). The Balaban J connectivity index is 1.77. The van der Waals surface area contributed by atoms with Crippen molar-refractivity contribution in [3.8, 4) is 0 Å². The molecule has 96 valence electrons. The number of rotatable bonds is 5. The molecule has 5 heteroatoms. The van der Waals surface area contributed by atoms with Gasteiger partial charge in [-0.1, -0.05) is 18.2 Å². The van der Waals surface area contributed by atoms with Crippen LogP contribution in [0.4, 0.5) is 5.69 Å². The van der Waals surface area contributed by atoms with Gasteiger partial charge in [0.25, 0.3) is 0 Å². The molecule has 0 aliphatic carbocycles. The Morgan fingerprint density at radius 1 is 1.39 bits per heavy atom. The number of para-hydroxylation sites is 1. The number of amides is 1. The molecule has 1 atom stereocenters. The average Bonchev–Trinajstić information content (AvgIpc) is 2.78. The van der Waals surface area contributed by atoms with E-state index in [9.17, 15) is 9.59 Å². The van der Waals surface area contributed by atoms with Crippen LogP contribution in [0.2, 0.25) is 0 Å². The molecule has 0 fully saturated rings. The fourth-order valence-electron chi connectivity index (χ4n) is 2.03. The van der Waals surface area contributed by atoms with E-state index < -0.39 is 5.97 Å². The number of aliphatic carboxylic acids is 1. The maximum absolute atomic E-state index is 11.8. The number of carbonyl (C=O) groups is 2. The van der Waals surface area contributed by atoms with Gasteiger partial charge >= 0.3 is 5.97 Å². The second kappa shape index (κ2) is 5.53. The summed E-state index contributed by atoms with van der Waals surface area (Å²) in [6.07, 6.45) is 1.22. The highest BCUT2D eigenvalue weighted by atomic mass is 16.4. The Morgan fingerprint density at radius 3 is 2.89 bits per heavy atom. The van der Waals surface area contributed by atoms with Gasteiger partial charge in [-0.05, 0) is 18.1 Å². The summed E-state index contributed by atoms with van der Waals surface area (Å²) in [4.78, 5) is 22.2. The Morgan fingerprint density at radius 2 is 2.17 bits per heavy atom. The highest BCUT2D eigenvalue weighted by Crippen LogP contribution is 2.24. The minimum atomic E-state index is -0.837. The summed E-state index contributed by atoms with van der Waals surface area (Å²) in [6.45, 7) is 0.402. The van der Waals surface area contributed by atoms with E-state index in [1.54, 1.807) is 0 Å². The van der Waals surface area contributed by atoms with Crippen molar-refractivity contribution in [2.24, 2.45) is 0 Å². The molecule has 1 aliphatic heterocycles. The Hall–Kier alpha value is -2.04. The van der Waals surface area contributed by atoms with Crippen LogP contribution in [0, 0.1) is 0 Å². The molecule has 1 aromatic rings. The van der Waals surface area contributed by atoms with Gasteiger partial charge in [0.05, 0.1) is 0 Å². The third-order valence-electron chi connectivity index (χ3n) is 2.95. The summed E-state index contributed by atoms with van der Waals surface area (Å²) in [7, 11) is 0. The Kier molecular flexibility index (Phi) is 3.82. The molecule has 0 saturated carbocycles. The molecule has 0 radical (unpaired) electrons. The zero-order valence-electron chi connectivity index (χ0n) is 9.98. The highest BCUT2D eigenvalue weighted by molar-refractivity contribution is 5.87. The van der Waals surface area contributed by atoms with E-state index in [-0.39, 0.29) is 18.4 Å². The summed E-state index contributed by atoms with van der Waals surface area (Å²) in [5.74, 6) is -0.910. The minimum Gasteiger partial charge on any atom is -0.481 e. The quantitative estimate of drug-likeness (QED) is 0.679. The van der Waals surface area contributed by atoms with Crippen molar-refractivity contribution < 1.29 is 14.7 Å². The topological polar surface area (TPSA) is 78.4 Å². The Bertz CT molecular complexity index is 434. The number of benzene rings is 1. The number of carboxylic acid groups (broad SMARTS) is 1. The van der Waals surface area contributed by atoms with E-state index in [4.69, 9.17) is 5.11 Å². The number of anilines is 1. The zero-order chi connectivity index (χ0) is 13.0. The SMILES string of the molecule is O=C(O)CCCNC(=O)[C@@H]1Cc2ccccc2N1. The van der Waals surface area contributed by atoms with E-state index in [0.717, 1.165) is 11.3 Å². The van der Waals surface area contributed by atoms with Crippen LogP contribution in [-0.4, -0.2) is 29.6 Å². The molecular weight excluding hydrogens is 232 g/mol. The predicted molar refractivity (Wildman–Crippen MR) is 67.4 cm³/mol. The van der Waals surface area contributed by atoms with Gasteiger partial charge in [-0.15, -0.1) is 0 Å². The van der Waals surface area contributed by atoms with Crippen LogP contribution >= 0.6 is 0 Å². The molecule has 18 heavy (non-hydrogen) atoms. The maximum Gasteiger partial charge on any atom is 0.303 e. The lowest BCUT2D eigenvalue weighted by molar-refractivity contribution is -0.137. The lowest BCUT2D eigenvalue weighted by Crippen LogP contribution is -2.38. The van der Waals surface area contributed by atoms with Crippen molar-refractivity contribution in [3.63, 3.8) is 0 Å². The fourth-order valence-corrected chi connectivity index (χ4v) is 2.03. The highest BCUT2D eigenvalue weighted by Gasteiger charge is 2.25. The summed E-state index contributed by atoms with van der Waals surface area (Å²) in [5.41, 5.74) is 2.14. The van der Waals surface area contributed by atoms with Gasteiger partial charge in [-0.3, -0.25) is 9.59 Å². The van der Waals surface area contributed by atoms with Crippen LogP contribution < -0.4 is 10.6 Å². The van der Waals surface area contributed by atoms with Gasteiger partial charge < -0.3 is 15.7 Å². The van der Waals surface area contributed by atoms with Gasteiger partial charge in [0, 0.05) is 25.1 Å². The van der Waals surface area contributed by atoms with E-state index in [1.807, 2.05) is 24.3 Å². The molecule has 1 aliphatic rings. The summed E-state index contributed by atoms with van der Waals surface area (Å²) in [6, 6.07) is 7.59. The van der Waals surface area contributed by atoms with Crippen LogP contribution in [0.3, 0.4) is 0 Å². The lowest BCUT2D eigenvalue weighted by Gasteiger charge is -2.11. The third-order valence-corrected chi connectivity index (χ3v) is 2.95. The maximum atomic E-state index is 11.8. The smallest absolute Gasteiger partial charge is 0.303 e. The minimum absolute atomic E-state index is 0.0726. The molecular formula is C13H16N2O3. The number of carboxylic acids is 1. The largest absolute Gasteiger partial charge is 0.481 e. The molecule has 0 aromatic heterocycles. The standard InChI is InChI=1S/C13H16N2O3/c16-12(17)6-3-7-14-13(18)11-8-9-4-1-2-5-10(9)15-11/h1-2,4-5,11,15H,3,6-8H2,(H,14,18)(H,16,17)/t11-/m0/s1. The van der Waals surface area contributed by atoms with Crippen molar-refractivity contribution in [3.05, 3.63) is 29.8 Å². The molecule has 1 heterocycles. The molecule has 5 nitrogen and oxygen atoms in total. The summed E-state index contributed by atoms with van der Waals surface area (Å²) >= 11 is 0. The van der Waals surface area contributed by atoms with Gasteiger partial charge in [0.1, 0.15) is 6.04 Å². The third kappa shape index (κ3) is 3.00. The molecule has 0 unspecified atom stereocenters. The van der Waals surface area contributed by atoms with E-state index in [1.165, 1.54) is 0 Å². The summed E-state index contributed by atoms with van der Waals surface area (Å²) in [5, 5.41) is 14.4. The fraction of sp³-hybridized carbons (Fsp3) is 0.385. The molecule has 0 saturated heterocycles. The van der Waals surface area contributed by atoms with Gasteiger partial charge in [0.2, 0.25) is 5.91 Å². The first-order valence-corrected chi connectivity index (χ1v) is 6.01. The van der Waals surface area contributed by atoms with Gasteiger partial charge in [0.15, 0.2) is 0 Å². The van der Waals surface area contributed by atoms with Crippen LogP contribution in [0.1, 0.15) is 18.4 Å². The van der Waals surface area contributed by atoms with Crippen LogP contribution in [0.15, 0.2) is 24.3 Å². The molecule has 1 aromatic carbocycles. The van der Waals surface area contributed by atoms with Crippen molar-refractivity contribution >= 4 is 17.6 Å². The van der Waals surface area contributed by atoms with Gasteiger partial charge in [-0.25, -0.2) is 0 Å². The molecule has 0 spiro atoms. The van der Waals surface area contributed by atoms with E-state index >= 15 is 0 Å². The predicted octanol–water partition coefficient (Wildman–Crippen LogP) is 1.00. The van der Waals surface area contributed by atoms with Crippen molar-refractivity contribution in [2.75, 3.05) is 11.9 Å². The molecule has 0 bridgehead atoms. The average molecular weight is 248 g/mol. The first kappa shape index (κ1) is 12.4. The monoisotopic (exact) mass is 248 g/mol. The van der Waals surface area contributed by atoms with Crippen molar-refractivity contribution in [2.45, 2.75) is 25.3 Å². The van der Waals surface area contributed by atoms with E-state index in [2.05, 4.69) is 10.6 Å². The number of nitrogens with one attached hydrogen (secondary N) is 2. The van der Waals surface area contributed by atoms with Crippen LogP contribution in [0.25, 0.3) is 0 Å². The number of carbonyl (C=O) groups excluding carboxylic acids is 1. The zero-order valence-corrected chi connectivity index (χ0v) is 9.98. The second-order valence-electron chi connectivity index (χ2n) is 4.35. The Labute approximate surface area is 105 Å². The van der Waals surface area contributed by atoms with Crippen molar-refractivity contribution in [1.29, 1.82) is 0 Å². The van der Waals surface area contributed by atoms with E-state index in [0.29, 0.717) is 19.4 Å². The molecule has 1 amide bonds. The number of fused-ring (bicyclic) bond motifs is 1. The second-order valence-corrected chi connectivity index (χ2v) is 4.35.